The zero-order chi connectivity index (χ0) is 15.4. The summed E-state index contributed by atoms with van der Waals surface area (Å²) in [6, 6.07) is 8.71. The van der Waals surface area contributed by atoms with E-state index in [1.165, 1.54) is 0 Å². The summed E-state index contributed by atoms with van der Waals surface area (Å²) < 4.78 is 11.6. The van der Waals surface area contributed by atoms with Gasteiger partial charge in [0, 0.05) is 5.69 Å². The van der Waals surface area contributed by atoms with Crippen LogP contribution in [-0.2, 0) is 0 Å². The van der Waals surface area contributed by atoms with E-state index >= 15 is 0 Å². The molecule has 0 aliphatic rings. The molecule has 0 radical (unpaired) electrons. The fraction of sp³-hybridized carbons (Fsp3) is 0.143. The maximum atomic E-state index is 8.82. The van der Waals surface area contributed by atoms with Crippen LogP contribution in [0.4, 0.5) is 0 Å². The number of halogens is 1. The smallest absolute Gasteiger partial charge is 0.230 e. The van der Waals surface area contributed by atoms with Gasteiger partial charge in [-0.3, -0.25) is 0 Å². The van der Waals surface area contributed by atoms with Crippen molar-refractivity contribution < 1.29 is 14.7 Å². The first kappa shape index (κ1) is 15.1. The van der Waals surface area contributed by atoms with Crippen molar-refractivity contribution in [2.45, 2.75) is 6.92 Å². The van der Waals surface area contributed by atoms with E-state index in [4.69, 9.17) is 20.4 Å². The quantitative estimate of drug-likeness (QED) is 0.382. The second-order valence-electron chi connectivity index (χ2n) is 4.19. The molecule has 1 aromatic carbocycles. The maximum Gasteiger partial charge on any atom is 0.230 e. The molecule has 21 heavy (non-hydrogen) atoms. The third-order valence-electron chi connectivity index (χ3n) is 2.73. The van der Waals surface area contributed by atoms with E-state index in [-0.39, 0.29) is 11.7 Å². The highest BCUT2D eigenvalue weighted by Crippen LogP contribution is 2.33. The zero-order valence-corrected chi connectivity index (χ0v) is 13.1. The summed E-state index contributed by atoms with van der Waals surface area (Å²) in [4.78, 5) is 4.27. The lowest BCUT2D eigenvalue weighted by Gasteiger charge is -2.12. The molecule has 0 saturated carbocycles. The van der Waals surface area contributed by atoms with E-state index in [9.17, 15) is 0 Å². The molecule has 0 spiro atoms. The van der Waals surface area contributed by atoms with Crippen LogP contribution in [-0.4, -0.2) is 23.1 Å². The van der Waals surface area contributed by atoms with Gasteiger partial charge in [0.05, 0.1) is 17.1 Å². The molecular weight excluding hydrogens is 338 g/mol. The molecule has 2 aromatic rings. The highest BCUT2D eigenvalue weighted by Gasteiger charge is 2.13. The number of oxime groups is 1. The topological polar surface area (TPSA) is 90.0 Å². The van der Waals surface area contributed by atoms with Crippen molar-refractivity contribution in [1.29, 1.82) is 0 Å². The van der Waals surface area contributed by atoms with Crippen molar-refractivity contribution in [3.05, 3.63) is 46.1 Å². The number of methoxy groups -OCH3 is 1. The number of nitrogens with zero attached hydrogens (tertiary/aromatic N) is 2. The predicted octanol–water partition coefficient (Wildman–Crippen LogP) is 3.05. The number of hydrogen-bond donors (Lipinski definition) is 2. The number of nitrogens with two attached hydrogens (primary N) is 1. The summed E-state index contributed by atoms with van der Waals surface area (Å²) in [6.07, 6.45) is 0. The molecule has 110 valence electrons. The van der Waals surface area contributed by atoms with Crippen LogP contribution in [0.1, 0.15) is 11.3 Å². The molecule has 7 heteroatoms. The van der Waals surface area contributed by atoms with Crippen LogP contribution in [0, 0.1) is 6.92 Å². The average Bonchev–Trinajstić information content (AvgIpc) is 2.48. The van der Waals surface area contributed by atoms with Gasteiger partial charge in [0.2, 0.25) is 5.88 Å². The summed E-state index contributed by atoms with van der Waals surface area (Å²) in [5.41, 5.74) is 6.79. The Balaban J connectivity index is 2.41. The maximum absolute atomic E-state index is 8.82. The molecule has 0 bridgehead atoms. The predicted molar refractivity (Wildman–Crippen MR) is 82.3 cm³/mol. The van der Waals surface area contributed by atoms with E-state index in [0.717, 1.165) is 5.69 Å². The number of aromatic nitrogens is 1. The van der Waals surface area contributed by atoms with Gasteiger partial charge in [-0.1, -0.05) is 5.16 Å². The third-order valence-corrected chi connectivity index (χ3v) is 3.35. The fourth-order valence-corrected chi connectivity index (χ4v) is 2.09. The number of pyridine rings is 1. The minimum absolute atomic E-state index is 0.0675. The Hall–Kier alpha value is -2.28. The average molecular weight is 352 g/mol. The van der Waals surface area contributed by atoms with E-state index in [0.29, 0.717) is 21.5 Å². The summed E-state index contributed by atoms with van der Waals surface area (Å²) in [7, 11) is 1.58. The SMILES string of the molecule is COc1ccc(Oc2nc(C)ccc2/C(N)=N/O)c(Br)c1. The van der Waals surface area contributed by atoms with Crippen molar-refractivity contribution in [3.63, 3.8) is 0 Å². The molecule has 2 rings (SSSR count). The van der Waals surface area contributed by atoms with E-state index < -0.39 is 0 Å². The second-order valence-corrected chi connectivity index (χ2v) is 5.04. The van der Waals surface area contributed by atoms with Crippen LogP contribution in [0.15, 0.2) is 40.0 Å². The minimum Gasteiger partial charge on any atom is -0.497 e. The normalized spacial score (nSPS) is 11.3. The summed E-state index contributed by atoms with van der Waals surface area (Å²) in [5, 5.41) is 11.8. The highest BCUT2D eigenvalue weighted by molar-refractivity contribution is 9.10. The molecule has 0 aliphatic carbocycles. The van der Waals surface area contributed by atoms with Gasteiger partial charge in [-0.25, -0.2) is 4.98 Å². The van der Waals surface area contributed by atoms with Crippen molar-refractivity contribution in [2.24, 2.45) is 10.9 Å². The number of aryl methyl sites for hydroxylation is 1. The van der Waals surface area contributed by atoms with Crippen LogP contribution in [0.3, 0.4) is 0 Å². The number of amidine groups is 1. The van der Waals surface area contributed by atoms with Crippen LogP contribution >= 0.6 is 15.9 Å². The molecular formula is C14H14BrN3O3. The van der Waals surface area contributed by atoms with Crippen molar-refractivity contribution in [3.8, 4) is 17.4 Å². The monoisotopic (exact) mass is 351 g/mol. The third kappa shape index (κ3) is 3.43. The Morgan fingerprint density at radius 1 is 1.33 bits per heavy atom. The van der Waals surface area contributed by atoms with Crippen LogP contribution in [0.2, 0.25) is 0 Å². The van der Waals surface area contributed by atoms with Crippen molar-refractivity contribution >= 4 is 21.8 Å². The zero-order valence-electron chi connectivity index (χ0n) is 11.5. The van der Waals surface area contributed by atoms with Gasteiger partial charge in [0.25, 0.3) is 0 Å². The Kier molecular flexibility index (Phi) is 4.64. The van der Waals surface area contributed by atoms with Gasteiger partial charge in [-0.2, -0.15) is 0 Å². The van der Waals surface area contributed by atoms with Crippen LogP contribution in [0.5, 0.6) is 17.4 Å². The summed E-state index contributed by atoms with van der Waals surface area (Å²) >= 11 is 3.40. The van der Waals surface area contributed by atoms with Gasteiger partial charge in [0.1, 0.15) is 11.5 Å². The molecule has 1 aromatic heterocycles. The van der Waals surface area contributed by atoms with Crippen LogP contribution in [0.25, 0.3) is 0 Å². The Bertz CT molecular complexity index is 689. The Morgan fingerprint density at radius 2 is 2.10 bits per heavy atom. The lowest BCUT2D eigenvalue weighted by atomic mass is 10.2. The van der Waals surface area contributed by atoms with Gasteiger partial charge in [-0.05, 0) is 53.2 Å². The van der Waals surface area contributed by atoms with Gasteiger partial charge in [-0.15, -0.1) is 0 Å². The number of ether oxygens (including phenoxy) is 2. The highest BCUT2D eigenvalue weighted by atomic mass is 79.9. The largest absolute Gasteiger partial charge is 0.497 e. The molecule has 0 unspecified atom stereocenters. The molecule has 0 amide bonds. The van der Waals surface area contributed by atoms with Crippen molar-refractivity contribution in [2.75, 3.05) is 7.11 Å². The Labute approximate surface area is 130 Å². The second kappa shape index (κ2) is 6.45. The molecule has 6 nitrogen and oxygen atoms in total. The summed E-state index contributed by atoms with van der Waals surface area (Å²) in [5.74, 6) is 1.43. The lowest BCUT2D eigenvalue weighted by Crippen LogP contribution is -2.15. The molecule has 3 N–H and O–H groups in total. The van der Waals surface area contributed by atoms with Crippen molar-refractivity contribution in [1.82, 2.24) is 4.98 Å². The number of rotatable bonds is 4. The van der Waals surface area contributed by atoms with E-state index in [2.05, 4.69) is 26.1 Å². The molecule has 0 saturated heterocycles. The lowest BCUT2D eigenvalue weighted by molar-refractivity contribution is 0.318. The van der Waals surface area contributed by atoms with Gasteiger partial charge >= 0.3 is 0 Å². The standard InChI is InChI=1S/C14H14BrN3O3/c1-8-3-5-10(13(16)18-19)14(17-8)21-12-6-4-9(20-2)7-11(12)15/h3-7,19H,1-2H3,(H2,16,18). The minimum atomic E-state index is -0.0675. The molecule has 1 heterocycles. The van der Waals surface area contributed by atoms with E-state index in [1.807, 2.05) is 6.92 Å². The number of benzene rings is 1. The first-order valence-electron chi connectivity index (χ1n) is 6.02. The summed E-state index contributed by atoms with van der Waals surface area (Å²) in [6.45, 7) is 1.83. The molecule has 0 atom stereocenters. The molecule has 0 aliphatic heterocycles. The van der Waals surface area contributed by atoms with Gasteiger partial charge in [0.15, 0.2) is 5.84 Å². The van der Waals surface area contributed by atoms with E-state index in [1.54, 1.807) is 37.4 Å². The Morgan fingerprint density at radius 3 is 2.71 bits per heavy atom. The van der Waals surface area contributed by atoms with Gasteiger partial charge < -0.3 is 20.4 Å². The first-order chi connectivity index (χ1) is 10.0. The first-order valence-corrected chi connectivity index (χ1v) is 6.81. The van der Waals surface area contributed by atoms with Crippen LogP contribution < -0.4 is 15.2 Å². The molecule has 0 fully saturated rings. The number of hydrogen-bond acceptors (Lipinski definition) is 5. The fourth-order valence-electron chi connectivity index (χ4n) is 1.65.